The zero-order valence-electron chi connectivity index (χ0n) is 14.6. The van der Waals surface area contributed by atoms with E-state index >= 15 is 0 Å². The number of aromatic hydroxyl groups is 2. The third-order valence-electron chi connectivity index (χ3n) is 5.11. The van der Waals surface area contributed by atoms with Crippen LogP contribution in [0.15, 0.2) is 72.8 Å². The van der Waals surface area contributed by atoms with Crippen molar-refractivity contribution < 1.29 is 10.2 Å². The third-order valence-corrected chi connectivity index (χ3v) is 5.11. The lowest BCUT2D eigenvalue weighted by Gasteiger charge is -2.16. The first-order chi connectivity index (χ1) is 13.2. The molecule has 132 valence electrons. The molecular formula is C23H18N2O2. The van der Waals surface area contributed by atoms with Gasteiger partial charge in [0.2, 0.25) is 0 Å². The molecule has 1 heterocycles. The Morgan fingerprint density at radius 2 is 1.52 bits per heavy atom. The highest BCUT2D eigenvalue weighted by molar-refractivity contribution is 5.79. The van der Waals surface area contributed by atoms with Crippen LogP contribution in [0.5, 0.6) is 11.5 Å². The van der Waals surface area contributed by atoms with Gasteiger partial charge in [-0.3, -0.25) is 0 Å². The largest absolute Gasteiger partial charge is 0.508 e. The zero-order valence-corrected chi connectivity index (χ0v) is 14.6. The number of phenols is 2. The van der Waals surface area contributed by atoms with Crippen LogP contribution < -0.4 is 0 Å². The van der Waals surface area contributed by atoms with Gasteiger partial charge in [0.05, 0.1) is 17.1 Å². The number of benzene rings is 3. The summed E-state index contributed by atoms with van der Waals surface area (Å²) in [5.41, 5.74) is 7.42. The second-order valence-corrected chi connectivity index (χ2v) is 6.81. The van der Waals surface area contributed by atoms with Gasteiger partial charge >= 0.3 is 0 Å². The maximum Gasteiger partial charge on any atom is 0.115 e. The Kier molecular flexibility index (Phi) is 3.50. The van der Waals surface area contributed by atoms with Gasteiger partial charge in [-0.2, -0.15) is 5.10 Å². The molecule has 0 aliphatic heterocycles. The number of phenolic OH excluding ortho intramolecular Hbond substituents is 2. The fraction of sp³-hybridized carbons (Fsp3) is 0.0870. The van der Waals surface area contributed by atoms with Crippen molar-refractivity contribution in [2.75, 3.05) is 0 Å². The van der Waals surface area contributed by atoms with E-state index in [1.807, 2.05) is 59.3 Å². The quantitative estimate of drug-likeness (QED) is 0.548. The Morgan fingerprint density at radius 1 is 0.778 bits per heavy atom. The van der Waals surface area contributed by atoms with Gasteiger partial charge in [0.15, 0.2) is 0 Å². The summed E-state index contributed by atoms with van der Waals surface area (Å²) in [5.74, 6) is 0.540. The van der Waals surface area contributed by atoms with Crippen LogP contribution >= 0.6 is 0 Å². The Balaban J connectivity index is 1.79. The molecule has 0 saturated carbocycles. The summed E-state index contributed by atoms with van der Waals surface area (Å²) in [4.78, 5) is 0. The fourth-order valence-corrected chi connectivity index (χ4v) is 3.85. The van der Waals surface area contributed by atoms with E-state index < -0.39 is 0 Å². The van der Waals surface area contributed by atoms with E-state index in [4.69, 9.17) is 5.10 Å². The van der Waals surface area contributed by atoms with Crippen LogP contribution in [0.2, 0.25) is 0 Å². The van der Waals surface area contributed by atoms with Crippen molar-refractivity contribution in [3.05, 3.63) is 83.9 Å². The molecule has 1 aromatic heterocycles. The summed E-state index contributed by atoms with van der Waals surface area (Å²) < 4.78 is 1.99. The van der Waals surface area contributed by atoms with Crippen LogP contribution in [0.1, 0.15) is 11.1 Å². The number of aryl methyl sites for hydroxylation is 1. The molecular weight excluding hydrogens is 336 g/mol. The number of para-hydroxylation sites is 1. The van der Waals surface area contributed by atoms with E-state index in [0.717, 1.165) is 46.6 Å². The highest BCUT2D eigenvalue weighted by atomic mass is 16.3. The van der Waals surface area contributed by atoms with Crippen molar-refractivity contribution in [3.8, 4) is 39.7 Å². The van der Waals surface area contributed by atoms with E-state index in [-0.39, 0.29) is 5.75 Å². The lowest BCUT2D eigenvalue weighted by Crippen LogP contribution is -2.03. The first-order valence-corrected chi connectivity index (χ1v) is 9.00. The van der Waals surface area contributed by atoms with Crippen LogP contribution in [0.25, 0.3) is 28.2 Å². The number of aromatic nitrogens is 2. The molecule has 0 radical (unpaired) electrons. The van der Waals surface area contributed by atoms with Gasteiger partial charge in [-0.15, -0.1) is 0 Å². The predicted octanol–water partition coefficient (Wildman–Crippen LogP) is 4.72. The Bertz CT molecular complexity index is 1130. The molecule has 27 heavy (non-hydrogen) atoms. The maximum absolute atomic E-state index is 9.83. The third kappa shape index (κ3) is 2.57. The minimum Gasteiger partial charge on any atom is -0.508 e. The van der Waals surface area contributed by atoms with Crippen molar-refractivity contribution in [1.29, 1.82) is 0 Å². The van der Waals surface area contributed by atoms with Gasteiger partial charge < -0.3 is 10.2 Å². The summed E-state index contributed by atoms with van der Waals surface area (Å²) >= 11 is 0. The van der Waals surface area contributed by atoms with Crippen molar-refractivity contribution in [1.82, 2.24) is 9.78 Å². The van der Waals surface area contributed by atoms with Gasteiger partial charge in [-0.25, -0.2) is 4.68 Å². The molecule has 0 saturated heterocycles. The Hall–Kier alpha value is -3.53. The normalized spacial score (nSPS) is 12.4. The van der Waals surface area contributed by atoms with Crippen LogP contribution in [0.3, 0.4) is 0 Å². The monoisotopic (exact) mass is 354 g/mol. The second-order valence-electron chi connectivity index (χ2n) is 6.81. The van der Waals surface area contributed by atoms with E-state index in [1.54, 1.807) is 18.2 Å². The molecule has 0 bridgehead atoms. The van der Waals surface area contributed by atoms with Crippen molar-refractivity contribution in [3.63, 3.8) is 0 Å². The first kappa shape index (κ1) is 15.7. The molecule has 3 aromatic carbocycles. The molecule has 5 rings (SSSR count). The summed E-state index contributed by atoms with van der Waals surface area (Å²) in [6.07, 6.45) is 1.72. The lowest BCUT2D eigenvalue weighted by molar-refractivity contribution is 0.474. The summed E-state index contributed by atoms with van der Waals surface area (Å²) in [6.45, 7) is 0. The molecule has 1 aliphatic carbocycles. The molecule has 0 fully saturated rings. The van der Waals surface area contributed by atoms with Gasteiger partial charge in [0.1, 0.15) is 11.5 Å². The molecule has 1 aliphatic rings. The number of hydrogen-bond donors (Lipinski definition) is 2. The summed E-state index contributed by atoms with van der Waals surface area (Å²) in [6, 6.07) is 22.9. The fourth-order valence-electron chi connectivity index (χ4n) is 3.85. The van der Waals surface area contributed by atoms with Gasteiger partial charge in [-0.05, 0) is 73.0 Å². The summed E-state index contributed by atoms with van der Waals surface area (Å²) in [5, 5.41) is 24.5. The SMILES string of the molecule is Oc1ccc(-c2c3c(nn2-c2ccccc2)-c2ccc(O)cc2CC3)cc1. The first-order valence-electron chi connectivity index (χ1n) is 9.00. The number of fused-ring (bicyclic) bond motifs is 3. The predicted molar refractivity (Wildman–Crippen MR) is 105 cm³/mol. The lowest BCUT2D eigenvalue weighted by atomic mass is 9.87. The highest BCUT2D eigenvalue weighted by Crippen LogP contribution is 2.40. The van der Waals surface area contributed by atoms with Crippen LogP contribution in [-0.2, 0) is 12.8 Å². The maximum atomic E-state index is 9.83. The minimum atomic E-state index is 0.249. The van der Waals surface area contributed by atoms with E-state index in [2.05, 4.69) is 0 Å². The summed E-state index contributed by atoms with van der Waals surface area (Å²) in [7, 11) is 0. The highest BCUT2D eigenvalue weighted by Gasteiger charge is 2.26. The average Bonchev–Trinajstić information content (AvgIpc) is 3.09. The van der Waals surface area contributed by atoms with Crippen LogP contribution in [0, 0.1) is 0 Å². The Morgan fingerprint density at radius 3 is 2.30 bits per heavy atom. The Labute approximate surface area is 157 Å². The standard InChI is InChI=1S/C23H18N2O2/c26-18-9-6-15(7-10-18)23-21-12-8-16-14-19(27)11-13-20(16)22(21)24-25(23)17-4-2-1-3-5-17/h1-7,9-11,13-14,26-27H,8,12H2. The van der Waals surface area contributed by atoms with E-state index in [0.29, 0.717) is 5.75 Å². The molecule has 0 unspecified atom stereocenters. The molecule has 2 N–H and O–H groups in total. The van der Waals surface area contributed by atoms with E-state index in [9.17, 15) is 10.2 Å². The molecule has 4 aromatic rings. The average molecular weight is 354 g/mol. The molecule has 0 amide bonds. The van der Waals surface area contributed by atoms with Gasteiger partial charge in [0.25, 0.3) is 0 Å². The minimum absolute atomic E-state index is 0.249. The number of nitrogens with zero attached hydrogens (tertiary/aromatic N) is 2. The number of rotatable bonds is 2. The molecule has 0 atom stereocenters. The number of hydrogen-bond acceptors (Lipinski definition) is 3. The topological polar surface area (TPSA) is 58.3 Å². The van der Waals surface area contributed by atoms with E-state index in [1.165, 1.54) is 5.56 Å². The van der Waals surface area contributed by atoms with Crippen molar-refractivity contribution in [2.45, 2.75) is 12.8 Å². The van der Waals surface area contributed by atoms with Crippen LogP contribution in [0.4, 0.5) is 0 Å². The van der Waals surface area contributed by atoms with Crippen molar-refractivity contribution >= 4 is 0 Å². The van der Waals surface area contributed by atoms with Crippen molar-refractivity contribution in [2.24, 2.45) is 0 Å². The zero-order chi connectivity index (χ0) is 18.4. The van der Waals surface area contributed by atoms with Gasteiger partial charge in [-0.1, -0.05) is 18.2 Å². The van der Waals surface area contributed by atoms with Gasteiger partial charge in [0, 0.05) is 16.7 Å². The van der Waals surface area contributed by atoms with Crippen LogP contribution in [-0.4, -0.2) is 20.0 Å². The second kappa shape index (κ2) is 6.02. The molecule has 4 heteroatoms. The molecule has 0 spiro atoms. The smallest absolute Gasteiger partial charge is 0.115 e. The molecule has 4 nitrogen and oxygen atoms in total.